The van der Waals surface area contributed by atoms with Gasteiger partial charge in [-0.3, -0.25) is 0 Å². The van der Waals surface area contributed by atoms with Gasteiger partial charge in [0.05, 0.1) is 6.10 Å². The second kappa shape index (κ2) is 2.98. The third-order valence-corrected chi connectivity index (χ3v) is 2.41. The lowest BCUT2D eigenvalue weighted by Crippen LogP contribution is -2.18. The average Bonchev–Trinajstić information content (AvgIpc) is 2.05. The van der Waals surface area contributed by atoms with Crippen molar-refractivity contribution in [2.24, 2.45) is 0 Å². The van der Waals surface area contributed by atoms with Crippen molar-refractivity contribution in [2.45, 2.75) is 25.9 Å². The molecule has 0 N–H and O–H groups in total. The van der Waals surface area contributed by atoms with Crippen molar-refractivity contribution in [3.63, 3.8) is 0 Å². The SMILES string of the molecule is C[C@H]1CCc2cc(Cl)ccc2O1. The monoisotopic (exact) mass is 182 g/mol. The zero-order valence-corrected chi connectivity index (χ0v) is 7.77. The summed E-state index contributed by atoms with van der Waals surface area (Å²) in [6.07, 6.45) is 2.52. The quantitative estimate of drug-likeness (QED) is 0.599. The molecule has 64 valence electrons. The molecule has 1 atom stereocenters. The molecule has 1 heterocycles. The highest BCUT2D eigenvalue weighted by Gasteiger charge is 2.15. The molecule has 1 aliphatic rings. The standard InChI is InChI=1S/C10H11ClO/c1-7-2-3-8-6-9(11)4-5-10(8)12-7/h4-7H,2-3H2,1H3/t7-/m0/s1. The second-order valence-electron chi connectivity index (χ2n) is 3.22. The van der Waals surface area contributed by atoms with Gasteiger partial charge in [0.2, 0.25) is 0 Å². The molecular formula is C10H11ClO. The topological polar surface area (TPSA) is 9.23 Å². The normalized spacial score (nSPS) is 21.3. The number of fused-ring (bicyclic) bond motifs is 1. The molecule has 0 bridgehead atoms. The van der Waals surface area contributed by atoms with Gasteiger partial charge in [-0.15, -0.1) is 0 Å². The number of aryl methyl sites for hydroxylation is 1. The molecule has 0 fully saturated rings. The van der Waals surface area contributed by atoms with E-state index in [9.17, 15) is 0 Å². The van der Waals surface area contributed by atoms with Crippen LogP contribution in [0.5, 0.6) is 5.75 Å². The maximum absolute atomic E-state index is 5.86. The first-order chi connectivity index (χ1) is 5.75. The summed E-state index contributed by atoms with van der Waals surface area (Å²) in [6, 6.07) is 5.81. The lowest BCUT2D eigenvalue weighted by molar-refractivity contribution is 0.192. The molecule has 0 amide bonds. The molecule has 1 nitrogen and oxygen atoms in total. The number of benzene rings is 1. The smallest absolute Gasteiger partial charge is 0.122 e. The van der Waals surface area contributed by atoms with E-state index in [-0.39, 0.29) is 0 Å². The Labute approximate surface area is 77.3 Å². The van der Waals surface area contributed by atoms with Crippen LogP contribution in [0, 0.1) is 0 Å². The minimum atomic E-state index is 0.346. The zero-order valence-electron chi connectivity index (χ0n) is 7.01. The summed E-state index contributed by atoms with van der Waals surface area (Å²) in [5.74, 6) is 0.998. The first-order valence-corrected chi connectivity index (χ1v) is 4.58. The molecule has 0 spiro atoms. The van der Waals surface area contributed by atoms with Crippen molar-refractivity contribution < 1.29 is 4.74 Å². The Morgan fingerprint density at radius 2 is 2.33 bits per heavy atom. The van der Waals surface area contributed by atoms with Gasteiger partial charge in [0, 0.05) is 5.02 Å². The first kappa shape index (κ1) is 7.93. The van der Waals surface area contributed by atoms with Gasteiger partial charge in [0.1, 0.15) is 5.75 Å². The lowest BCUT2D eigenvalue weighted by Gasteiger charge is -2.23. The number of rotatable bonds is 0. The Balaban J connectivity index is 2.37. The molecule has 1 aromatic rings. The van der Waals surface area contributed by atoms with Gasteiger partial charge in [0.25, 0.3) is 0 Å². The number of ether oxygens (including phenoxy) is 1. The molecule has 0 saturated heterocycles. The largest absolute Gasteiger partial charge is 0.490 e. The molecule has 0 aliphatic carbocycles. The van der Waals surface area contributed by atoms with Gasteiger partial charge in [-0.2, -0.15) is 0 Å². The van der Waals surface area contributed by atoms with Gasteiger partial charge in [-0.25, -0.2) is 0 Å². The predicted molar refractivity (Wildman–Crippen MR) is 49.9 cm³/mol. The van der Waals surface area contributed by atoms with Crippen LogP contribution in [-0.2, 0) is 6.42 Å². The van der Waals surface area contributed by atoms with Crippen LogP contribution < -0.4 is 4.74 Å². The van der Waals surface area contributed by atoms with Gasteiger partial charge in [0.15, 0.2) is 0 Å². The molecule has 0 radical (unpaired) electrons. The van der Waals surface area contributed by atoms with Gasteiger partial charge >= 0.3 is 0 Å². The second-order valence-corrected chi connectivity index (χ2v) is 3.66. The lowest BCUT2D eigenvalue weighted by atomic mass is 10.0. The summed E-state index contributed by atoms with van der Waals surface area (Å²) >= 11 is 5.86. The Morgan fingerprint density at radius 3 is 3.17 bits per heavy atom. The fourth-order valence-corrected chi connectivity index (χ4v) is 1.69. The maximum atomic E-state index is 5.86. The summed E-state index contributed by atoms with van der Waals surface area (Å²) < 4.78 is 5.63. The van der Waals surface area contributed by atoms with Crippen molar-refractivity contribution in [3.05, 3.63) is 28.8 Å². The summed E-state index contributed by atoms with van der Waals surface area (Å²) in [5.41, 5.74) is 1.24. The summed E-state index contributed by atoms with van der Waals surface area (Å²) in [5, 5.41) is 0.798. The predicted octanol–water partition coefficient (Wildman–Crippen LogP) is 3.05. The number of hydrogen-bond donors (Lipinski definition) is 0. The minimum absolute atomic E-state index is 0.346. The van der Waals surface area contributed by atoms with Crippen LogP contribution in [0.25, 0.3) is 0 Å². The minimum Gasteiger partial charge on any atom is -0.490 e. The molecule has 2 rings (SSSR count). The third-order valence-electron chi connectivity index (χ3n) is 2.17. The van der Waals surface area contributed by atoms with Crippen LogP contribution >= 0.6 is 11.6 Å². The number of halogens is 1. The van der Waals surface area contributed by atoms with E-state index >= 15 is 0 Å². The van der Waals surface area contributed by atoms with Gasteiger partial charge < -0.3 is 4.74 Å². The zero-order chi connectivity index (χ0) is 8.55. The van der Waals surface area contributed by atoms with Crippen LogP contribution in [-0.4, -0.2) is 6.10 Å². The van der Waals surface area contributed by atoms with Crippen molar-refractivity contribution in [1.82, 2.24) is 0 Å². The summed E-state index contributed by atoms with van der Waals surface area (Å²) in [7, 11) is 0. The first-order valence-electron chi connectivity index (χ1n) is 4.21. The average molecular weight is 183 g/mol. The molecule has 1 aromatic carbocycles. The summed E-state index contributed by atoms with van der Waals surface area (Å²) in [4.78, 5) is 0. The summed E-state index contributed by atoms with van der Waals surface area (Å²) in [6.45, 7) is 2.09. The van der Waals surface area contributed by atoms with Gasteiger partial charge in [-0.1, -0.05) is 11.6 Å². The van der Waals surface area contributed by atoms with E-state index in [1.54, 1.807) is 0 Å². The van der Waals surface area contributed by atoms with Crippen LogP contribution in [0.3, 0.4) is 0 Å². The molecule has 2 heteroatoms. The fraction of sp³-hybridized carbons (Fsp3) is 0.400. The van der Waals surface area contributed by atoms with E-state index in [1.165, 1.54) is 5.56 Å². The van der Waals surface area contributed by atoms with Crippen molar-refractivity contribution >= 4 is 11.6 Å². The highest BCUT2D eigenvalue weighted by atomic mass is 35.5. The number of hydrogen-bond acceptors (Lipinski definition) is 1. The molecular weight excluding hydrogens is 172 g/mol. The highest BCUT2D eigenvalue weighted by Crippen LogP contribution is 2.29. The van der Waals surface area contributed by atoms with E-state index in [0.717, 1.165) is 23.6 Å². The molecule has 0 saturated carbocycles. The van der Waals surface area contributed by atoms with Crippen molar-refractivity contribution in [2.75, 3.05) is 0 Å². The Kier molecular flexibility index (Phi) is 1.97. The Hall–Kier alpha value is -0.690. The van der Waals surface area contributed by atoms with Gasteiger partial charge in [-0.05, 0) is 43.5 Å². The maximum Gasteiger partial charge on any atom is 0.122 e. The van der Waals surface area contributed by atoms with Crippen LogP contribution in [0.15, 0.2) is 18.2 Å². The highest BCUT2D eigenvalue weighted by molar-refractivity contribution is 6.30. The van der Waals surface area contributed by atoms with Crippen LogP contribution in [0.1, 0.15) is 18.9 Å². The Bertz CT molecular complexity index is 296. The van der Waals surface area contributed by atoms with Crippen molar-refractivity contribution in [3.8, 4) is 5.75 Å². The van der Waals surface area contributed by atoms with E-state index in [4.69, 9.17) is 16.3 Å². The van der Waals surface area contributed by atoms with E-state index in [1.807, 2.05) is 18.2 Å². The van der Waals surface area contributed by atoms with Crippen LogP contribution in [0.2, 0.25) is 5.02 Å². The third kappa shape index (κ3) is 1.42. The van der Waals surface area contributed by atoms with E-state index < -0.39 is 0 Å². The fourth-order valence-electron chi connectivity index (χ4n) is 1.49. The van der Waals surface area contributed by atoms with Crippen LogP contribution in [0.4, 0.5) is 0 Å². The molecule has 0 unspecified atom stereocenters. The molecule has 1 aliphatic heterocycles. The van der Waals surface area contributed by atoms with E-state index in [2.05, 4.69) is 6.92 Å². The Morgan fingerprint density at radius 1 is 1.50 bits per heavy atom. The molecule has 0 aromatic heterocycles. The van der Waals surface area contributed by atoms with E-state index in [0.29, 0.717) is 6.10 Å². The van der Waals surface area contributed by atoms with Crippen molar-refractivity contribution in [1.29, 1.82) is 0 Å². The molecule has 12 heavy (non-hydrogen) atoms.